The van der Waals surface area contributed by atoms with Gasteiger partial charge in [0.2, 0.25) is 0 Å². The van der Waals surface area contributed by atoms with E-state index >= 15 is 0 Å². The molecule has 0 saturated carbocycles. The van der Waals surface area contributed by atoms with Crippen LogP contribution < -0.4 is 5.32 Å². The van der Waals surface area contributed by atoms with Crippen LogP contribution in [-0.4, -0.2) is 25.5 Å². The van der Waals surface area contributed by atoms with Crippen LogP contribution >= 0.6 is 0 Å². The van der Waals surface area contributed by atoms with E-state index in [2.05, 4.69) is 5.32 Å². The SMILES string of the molecule is CCCCOC(=O)NCCCCC=O. The average molecular weight is 201 g/mol. The van der Waals surface area contributed by atoms with E-state index < -0.39 is 0 Å². The van der Waals surface area contributed by atoms with Crippen LogP contribution in [0.1, 0.15) is 39.0 Å². The summed E-state index contributed by atoms with van der Waals surface area (Å²) in [6, 6.07) is 0. The van der Waals surface area contributed by atoms with Gasteiger partial charge >= 0.3 is 6.09 Å². The zero-order chi connectivity index (χ0) is 10.6. The molecule has 0 aromatic rings. The topological polar surface area (TPSA) is 55.4 Å². The zero-order valence-electron chi connectivity index (χ0n) is 8.75. The molecule has 0 aromatic heterocycles. The first kappa shape index (κ1) is 12.9. The molecular weight excluding hydrogens is 182 g/mol. The second-order valence-electron chi connectivity index (χ2n) is 3.08. The number of carbonyl (C=O) groups is 2. The fourth-order valence-corrected chi connectivity index (χ4v) is 0.903. The predicted molar refractivity (Wildman–Crippen MR) is 54.2 cm³/mol. The standard InChI is InChI=1S/C10H19NO3/c1-2-3-9-14-10(13)11-7-5-4-6-8-12/h8H,2-7,9H2,1H3,(H,11,13). The molecule has 0 radical (unpaired) electrons. The minimum atomic E-state index is -0.357. The molecule has 0 atom stereocenters. The first-order valence-electron chi connectivity index (χ1n) is 5.15. The molecular formula is C10H19NO3. The Morgan fingerprint density at radius 1 is 1.36 bits per heavy atom. The molecule has 0 unspecified atom stereocenters. The Balaban J connectivity index is 3.14. The molecule has 14 heavy (non-hydrogen) atoms. The van der Waals surface area contributed by atoms with Crippen LogP contribution in [0, 0.1) is 0 Å². The molecule has 0 aliphatic heterocycles. The van der Waals surface area contributed by atoms with Crippen LogP contribution in [0.15, 0.2) is 0 Å². The quantitative estimate of drug-likeness (QED) is 0.482. The molecule has 0 spiro atoms. The first-order chi connectivity index (χ1) is 6.81. The molecule has 0 heterocycles. The second kappa shape index (κ2) is 10.0. The van der Waals surface area contributed by atoms with Gasteiger partial charge in [0.05, 0.1) is 6.61 Å². The number of aldehydes is 1. The number of nitrogens with one attached hydrogen (secondary N) is 1. The Bertz CT molecular complexity index is 159. The lowest BCUT2D eigenvalue weighted by atomic mass is 10.2. The molecule has 0 aliphatic rings. The van der Waals surface area contributed by atoms with Crippen molar-refractivity contribution in [2.75, 3.05) is 13.2 Å². The van der Waals surface area contributed by atoms with Crippen molar-refractivity contribution in [3.05, 3.63) is 0 Å². The molecule has 0 saturated heterocycles. The van der Waals surface area contributed by atoms with E-state index in [-0.39, 0.29) is 6.09 Å². The van der Waals surface area contributed by atoms with Gasteiger partial charge in [-0.25, -0.2) is 4.79 Å². The number of hydrogen-bond donors (Lipinski definition) is 1. The largest absolute Gasteiger partial charge is 0.450 e. The van der Waals surface area contributed by atoms with Crippen LogP contribution in [0.3, 0.4) is 0 Å². The van der Waals surface area contributed by atoms with Crippen molar-refractivity contribution >= 4 is 12.4 Å². The average Bonchev–Trinajstić information content (AvgIpc) is 2.18. The first-order valence-corrected chi connectivity index (χ1v) is 5.15. The van der Waals surface area contributed by atoms with Crippen LogP contribution in [0.2, 0.25) is 0 Å². The number of ether oxygens (including phenoxy) is 1. The molecule has 82 valence electrons. The van der Waals surface area contributed by atoms with E-state index in [4.69, 9.17) is 4.74 Å². The number of rotatable bonds is 8. The van der Waals surface area contributed by atoms with Crippen LogP contribution in [0.5, 0.6) is 0 Å². The van der Waals surface area contributed by atoms with E-state index in [0.717, 1.165) is 32.0 Å². The van der Waals surface area contributed by atoms with Crippen LogP contribution in [0.25, 0.3) is 0 Å². The predicted octanol–water partition coefficient (Wildman–Crippen LogP) is 1.88. The van der Waals surface area contributed by atoms with Gasteiger partial charge in [-0.2, -0.15) is 0 Å². The number of unbranched alkanes of at least 4 members (excludes halogenated alkanes) is 3. The van der Waals surface area contributed by atoms with Gasteiger partial charge in [-0.1, -0.05) is 13.3 Å². The van der Waals surface area contributed by atoms with E-state index in [1.165, 1.54) is 0 Å². The summed E-state index contributed by atoms with van der Waals surface area (Å²) in [4.78, 5) is 20.9. The fraction of sp³-hybridized carbons (Fsp3) is 0.800. The molecule has 0 aromatic carbocycles. The van der Waals surface area contributed by atoms with Crippen molar-refractivity contribution in [1.29, 1.82) is 0 Å². The minimum Gasteiger partial charge on any atom is -0.450 e. The molecule has 0 bridgehead atoms. The molecule has 1 N–H and O–H groups in total. The third-order valence-electron chi connectivity index (χ3n) is 1.75. The van der Waals surface area contributed by atoms with Crippen molar-refractivity contribution < 1.29 is 14.3 Å². The zero-order valence-corrected chi connectivity index (χ0v) is 8.75. The summed E-state index contributed by atoms with van der Waals surface area (Å²) >= 11 is 0. The Labute approximate surface area is 85.0 Å². The molecule has 4 nitrogen and oxygen atoms in total. The maximum atomic E-state index is 10.9. The summed E-state index contributed by atoms with van der Waals surface area (Å²) in [6.45, 7) is 3.11. The smallest absolute Gasteiger partial charge is 0.407 e. The minimum absolute atomic E-state index is 0.357. The number of amides is 1. The Morgan fingerprint density at radius 3 is 2.79 bits per heavy atom. The second-order valence-corrected chi connectivity index (χ2v) is 3.08. The Kier molecular flexibility index (Phi) is 9.26. The highest BCUT2D eigenvalue weighted by atomic mass is 16.5. The molecule has 0 aliphatic carbocycles. The highest BCUT2D eigenvalue weighted by Gasteiger charge is 1.99. The van der Waals surface area contributed by atoms with Crippen LogP contribution in [0.4, 0.5) is 4.79 Å². The van der Waals surface area contributed by atoms with Crippen molar-refractivity contribution in [2.45, 2.75) is 39.0 Å². The fourth-order valence-electron chi connectivity index (χ4n) is 0.903. The summed E-state index contributed by atoms with van der Waals surface area (Å²) in [7, 11) is 0. The number of hydrogen-bond acceptors (Lipinski definition) is 3. The monoisotopic (exact) mass is 201 g/mol. The summed E-state index contributed by atoms with van der Waals surface area (Å²) in [5, 5.41) is 2.62. The van der Waals surface area contributed by atoms with Gasteiger partial charge in [0.1, 0.15) is 6.29 Å². The van der Waals surface area contributed by atoms with Gasteiger partial charge in [-0.05, 0) is 19.3 Å². The normalized spacial score (nSPS) is 9.50. The van der Waals surface area contributed by atoms with Crippen molar-refractivity contribution in [1.82, 2.24) is 5.32 Å². The highest BCUT2D eigenvalue weighted by Crippen LogP contribution is 1.91. The van der Waals surface area contributed by atoms with Crippen LogP contribution in [-0.2, 0) is 9.53 Å². The van der Waals surface area contributed by atoms with Gasteiger partial charge < -0.3 is 14.8 Å². The number of carbonyl (C=O) groups excluding carboxylic acids is 2. The molecule has 1 amide bonds. The van der Waals surface area contributed by atoms with Crippen molar-refractivity contribution in [3.63, 3.8) is 0 Å². The summed E-state index contributed by atoms with van der Waals surface area (Å²) in [5.41, 5.74) is 0. The van der Waals surface area contributed by atoms with Crippen molar-refractivity contribution in [3.8, 4) is 0 Å². The Morgan fingerprint density at radius 2 is 2.14 bits per heavy atom. The third-order valence-corrected chi connectivity index (χ3v) is 1.75. The van der Waals surface area contributed by atoms with E-state index in [1.54, 1.807) is 0 Å². The van der Waals surface area contributed by atoms with Gasteiger partial charge in [-0.3, -0.25) is 0 Å². The van der Waals surface area contributed by atoms with Gasteiger partial charge in [-0.15, -0.1) is 0 Å². The van der Waals surface area contributed by atoms with Gasteiger partial charge in [0.15, 0.2) is 0 Å². The number of alkyl carbamates (subject to hydrolysis) is 1. The lowest BCUT2D eigenvalue weighted by Gasteiger charge is -2.05. The molecule has 0 fully saturated rings. The van der Waals surface area contributed by atoms with Crippen molar-refractivity contribution in [2.24, 2.45) is 0 Å². The van der Waals surface area contributed by atoms with E-state index in [9.17, 15) is 9.59 Å². The Hall–Kier alpha value is -1.06. The van der Waals surface area contributed by atoms with Gasteiger partial charge in [0, 0.05) is 13.0 Å². The molecule has 0 rings (SSSR count). The highest BCUT2D eigenvalue weighted by molar-refractivity contribution is 5.66. The molecule has 4 heteroatoms. The summed E-state index contributed by atoms with van der Waals surface area (Å²) in [5.74, 6) is 0. The lowest BCUT2D eigenvalue weighted by molar-refractivity contribution is -0.107. The van der Waals surface area contributed by atoms with E-state index in [0.29, 0.717) is 19.6 Å². The van der Waals surface area contributed by atoms with E-state index in [1.807, 2.05) is 6.92 Å². The third kappa shape index (κ3) is 9.03. The summed E-state index contributed by atoms with van der Waals surface area (Å²) in [6.07, 6.45) is 4.65. The maximum Gasteiger partial charge on any atom is 0.407 e. The summed E-state index contributed by atoms with van der Waals surface area (Å²) < 4.78 is 4.87. The lowest BCUT2D eigenvalue weighted by Crippen LogP contribution is -2.25. The van der Waals surface area contributed by atoms with Gasteiger partial charge in [0.25, 0.3) is 0 Å². The maximum absolute atomic E-state index is 10.9.